The Kier molecular flexibility index (Phi) is 4.33. The summed E-state index contributed by atoms with van der Waals surface area (Å²) in [7, 11) is -5.58. The van der Waals surface area contributed by atoms with E-state index in [1.54, 1.807) is 0 Å². The minimum atomic E-state index is -5.58. The molecule has 2 rings (SSSR count). The van der Waals surface area contributed by atoms with E-state index in [0.717, 1.165) is 5.56 Å². The third-order valence-corrected chi connectivity index (χ3v) is 3.53. The van der Waals surface area contributed by atoms with Crippen LogP contribution in [0.25, 0.3) is 0 Å². The Hall–Kier alpha value is -1.87. The molecule has 0 fully saturated rings. The molecule has 0 saturated heterocycles. The van der Waals surface area contributed by atoms with E-state index in [1.165, 1.54) is 17.1 Å². The maximum absolute atomic E-state index is 12.1. The van der Waals surface area contributed by atoms with Gasteiger partial charge in [-0.15, -0.1) is 0 Å². The summed E-state index contributed by atoms with van der Waals surface area (Å²) in [6.45, 7) is -0.288. The smallest absolute Gasteiger partial charge is 0.268 e. The fourth-order valence-electron chi connectivity index (χ4n) is 1.55. The van der Waals surface area contributed by atoms with Crippen LogP contribution in [0.15, 0.2) is 42.7 Å². The highest BCUT2D eigenvalue weighted by Gasteiger charge is 2.47. The highest BCUT2D eigenvalue weighted by molar-refractivity contribution is 7.87. The van der Waals surface area contributed by atoms with Gasteiger partial charge in [0.2, 0.25) is 0 Å². The summed E-state index contributed by atoms with van der Waals surface area (Å²) < 4.78 is 63.2. The van der Waals surface area contributed by atoms with E-state index in [4.69, 9.17) is 0 Å². The van der Waals surface area contributed by atoms with Crippen molar-refractivity contribution in [3.8, 4) is 0 Å². The van der Waals surface area contributed by atoms with Gasteiger partial charge in [0.05, 0.1) is 19.3 Å². The average molecular weight is 320 g/mol. The van der Waals surface area contributed by atoms with Crippen LogP contribution in [0.1, 0.15) is 11.1 Å². The maximum atomic E-state index is 12.1. The second-order valence-corrected chi connectivity index (χ2v) is 5.80. The normalized spacial score (nSPS) is 12.5. The number of aromatic nitrogens is 2. The Balaban J connectivity index is 1.98. The Morgan fingerprint density at radius 3 is 2.43 bits per heavy atom. The van der Waals surface area contributed by atoms with Crippen LogP contribution in [0.3, 0.4) is 0 Å². The number of hydrogen-bond acceptors (Lipinski definition) is 4. The molecule has 0 bridgehead atoms. The van der Waals surface area contributed by atoms with Crippen LogP contribution in [0.2, 0.25) is 0 Å². The third-order valence-electron chi connectivity index (χ3n) is 2.54. The molecule has 0 radical (unpaired) electrons. The summed E-state index contributed by atoms with van der Waals surface area (Å²) in [5.41, 5.74) is -4.23. The molecular weight excluding hydrogens is 309 g/mol. The lowest BCUT2D eigenvalue weighted by Crippen LogP contribution is -2.25. The summed E-state index contributed by atoms with van der Waals surface area (Å²) >= 11 is 0. The Morgan fingerprint density at radius 2 is 1.81 bits per heavy atom. The van der Waals surface area contributed by atoms with E-state index in [9.17, 15) is 21.6 Å². The van der Waals surface area contributed by atoms with Crippen LogP contribution in [-0.4, -0.2) is 23.7 Å². The predicted molar refractivity (Wildman–Crippen MR) is 67.5 cm³/mol. The molecule has 0 N–H and O–H groups in total. The van der Waals surface area contributed by atoms with Crippen molar-refractivity contribution in [2.45, 2.75) is 18.7 Å². The van der Waals surface area contributed by atoms with Crippen molar-refractivity contribution in [1.82, 2.24) is 9.78 Å². The molecule has 0 aliphatic carbocycles. The monoisotopic (exact) mass is 320 g/mol. The minimum absolute atomic E-state index is 0.235. The number of benzene rings is 1. The zero-order valence-corrected chi connectivity index (χ0v) is 11.4. The van der Waals surface area contributed by atoms with Gasteiger partial charge in [-0.05, 0) is 5.56 Å². The van der Waals surface area contributed by atoms with Crippen LogP contribution < -0.4 is 0 Å². The van der Waals surface area contributed by atoms with Crippen LogP contribution in [0, 0.1) is 0 Å². The van der Waals surface area contributed by atoms with Gasteiger partial charge in [0.1, 0.15) is 0 Å². The van der Waals surface area contributed by atoms with Crippen molar-refractivity contribution in [2.75, 3.05) is 0 Å². The van der Waals surface area contributed by atoms with Gasteiger partial charge in [0, 0.05) is 11.8 Å². The van der Waals surface area contributed by atoms with Crippen LogP contribution in [0.5, 0.6) is 0 Å². The summed E-state index contributed by atoms with van der Waals surface area (Å²) in [6.07, 6.45) is 2.69. The first-order valence-corrected chi connectivity index (χ1v) is 7.20. The molecule has 0 amide bonds. The first kappa shape index (κ1) is 15.5. The number of hydrogen-bond donors (Lipinski definition) is 0. The summed E-state index contributed by atoms with van der Waals surface area (Å²) in [5, 5.41) is 3.93. The molecule has 114 valence electrons. The molecule has 0 unspecified atom stereocenters. The molecule has 5 nitrogen and oxygen atoms in total. The highest BCUT2D eigenvalue weighted by atomic mass is 32.2. The standard InChI is InChI=1S/C12H11F3N2O3S/c13-12(14,15)21(18,19)20-9-11-6-16-17(8-11)7-10-4-2-1-3-5-10/h1-6,8H,7,9H2. The molecule has 1 aromatic heterocycles. The first-order chi connectivity index (χ1) is 9.78. The van der Waals surface area contributed by atoms with Crippen molar-refractivity contribution in [1.29, 1.82) is 0 Å². The quantitative estimate of drug-likeness (QED) is 0.626. The topological polar surface area (TPSA) is 61.2 Å². The van der Waals surface area contributed by atoms with Gasteiger partial charge in [-0.25, -0.2) is 0 Å². The minimum Gasteiger partial charge on any atom is -0.268 e. The summed E-state index contributed by atoms with van der Waals surface area (Å²) in [4.78, 5) is 0. The van der Waals surface area contributed by atoms with E-state index in [1.807, 2.05) is 30.3 Å². The second-order valence-electron chi connectivity index (χ2n) is 4.19. The van der Waals surface area contributed by atoms with Crippen LogP contribution in [-0.2, 0) is 27.5 Å². The second kappa shape index (κ2) is 5.86. The molecule has 9 heteroatoms. The predicted octanol–water partition coefficient (Wildman–Crippen LogP) is 2.30. The number of rotatable bonds is 5. The van der Waals surface area contributed by atoms with Gasteiger partial charge in [-0.1, -0.05) is 30.3 Å². The van der Waals surface area contributed by atoms with Gasteiger partial charge in [0.25, 0.3) is 0 Å². The molecule has 1 aromatic carbocycles. The Morgan fingerprint density at radius 1 is 1.14 bits per heavy atom. The van der Waals surface area contributed by atoms with E-state index in [2.05, 4.69) is 9.28 Å². The number of halogens is 3. The SMILES string of the molecule is O=S(=O)(OCc1cnn(Cc2ccccc2)c1)C(F)(F)F. The Bertz CT molecular complexity index is 696. The Labute approximate surface area is 119 Å². The van der Waals surface area contributed by atoms with Crippen LogP contribution in [0.4, 0.5) is 13.2 Å². The van der Waals surface area contributed by atoms with Crippen molar-refractivity contribution in [3.63, 3.8) is 0 Å². The first-order valence-electron chi connectivity index (χ1n) is 5.79. The molecule has 2 aromatic rings. The molecule has 1 heterocycles. The van der Waals surface area contributed by atoms with Crippen molar-refractivity contribution in [2.24, 2.45) is 0 Å². The molecule has 0 saturated carbocycles. The van der Waals surface area contributed by atoms with E-state index in [0.29, 0.717) is 6.54 Å². The van der Waals surface area contributed by atoms with E-state index < -0.39 is 22.2 Å². The number of nitrogens with zero attached hydrogens (tertiary/aromatic N) is 2. The highest BCUT2D eigenvalue weighted by Crippen LogP contribution is 2.25. The lowest BCUT2D eigenvalue weighted by Gasteiger charge is -2.06. The fraction of sp³-hybridized carbons (Fsp3) is 0.250. The van der Waals surface area contributed by atoms with Gasteiger partial charge in [-0.3, -0.25) is 8.86 Å². The maximum Gasteiger partial charge on any atom is 0.523 e. The largest absolute Gasteiger partial charge is 0.523 e. The fourth-order valence-corrected chi connectivity index (χ4v) is 1.98. The third kappa shape index (κ3) is 4.05. The summed E-state index contributed by atoms with van der Waals surface area (Å²) in [6, 6.07) is 9.28. The summed E-state index contributed by atoms with van der Waals surface area (Å²) in [5.74, 6) is 0. The van der Waals surface area contributed by atoms with Gasteiger partial charge in [0.15, 0.2) is 0 Å². The van der Waals surface area contributed by atoms with Gasteiger partial charge in [-0.2, -0.15) is 26.7 Å². The lowest BCUT2D eigenvalue weighted by atomic mass is 10.2. The zero-order chi connectivity index (χ0) is 15.5. The zero-order valence-electron chi connectivity index (χ0n) is 10.6. The molecule has 0 atom stereocenters. The van der Waals surface area contributed by atoms with Crippen molar-refractivity contribution in [3.05, 3.63) is 53.9 Å². The van der Waals surface area contributed by atoms with Crippen molar-refractivity contribution < 1.29 is 25.8 Å². The molecule has 0 spiro atoms. The van der Waals surface area contributed by atoms with Crippen molar-refractivity contribution >= 4 is 10.1 Å². The van der Waals surface area contributed by atoms with E-state index >= 15 is 0 Å². The molecule has 21 heavy (non-hydrogen) atoms. The number of alkyl halides is 3. The molecule has 0 aliphatic rings. The lowest BCUT2D eigenvalue weighted by molar-refractivity contribution is -0.0547. The van der Waals surface area contributed by atoms with Crippen LogP contribution >= 0.6 is 0 Å². The van der Waals surface area contributed by atoms with Gasteiger partial charge < -0.3 is 0 Å². The van der Waals surface area contributed by atoms with Gasteiger partial charge >= 0.3 is 15.6 Å². The van der Waals surface area contributed by atoms with E-state index in [-0.39, 0.29) is 5.56 Å². The molecule has 0 aliphatic heterocycles. The molecular formula is C12H11F3N2O3S. The average Bonchev–Trinajstić information content (AvgIpc) is 2.84.